The van der Waals surface area contributed by atoms with Gasteiger partial charge < -0.3 is 14.6 Å². The van der Waals surface area contributed by atoms with E-state index in [-0.39, 0.29) is 12.5 Å². The van der Waals surface area contributed by atoms with E-state index in [1.165, 1.54) is 0 Å². The minimum Gasteiger partial charge on any atom is -0.481 e. The fourth-order valence-electron chi connectivity index (χ4n) is 0.616. The van der Waals surface area contributed by atoms with Crippen LogP contribution in [0, 0.1) is 0 Å². The molecule has 0 amide bonds. The number of hydrogen-bond acceptors (Lipinski definition) is 3. The second-order valence-corrected chi connectivity index (χ2v) is 2.67. The van der Waals surface area contributed by atoms with Gasteiger partial charge in [0.2, 0.25) is 0 Å². The summed E-state index contributed by atoms with van der Waals surface area (Å²) in [4.78, 5) is 9.37. The summed E-state index contributed by atoms with van der Waals surface area (Å²) in [5.74, 6) is -0.745. The Morgan fingerprint density at radius 3 is 2.07 bits per heavy atom. The molecule has 0 aliphatic carbocycles. The number of carbonyl (C=O) groups is 1. The molecule has 0 aliphatic rings. The van der Waals surface area contributed by atoms with Gasteiger partial charge in [0.05, 0.1) is 12.7 Å². The van der Waals surface area contributed by atoms with Gasteiger partial charge in [0.15, 0.2) is 0 Å². The van der Waals surface area contributed by atoms with Gasteiger partial charge >= 0.3 is 5.97 Å². The summed E-state index contributed by atoms with van der Waals surface area (Å²) in [5, 5.41) is 7.72. The van der Waals surface area contributed by atoms with Crippen molar-refractivity contribution in [2.24, 2.45) is 0 Å². The fourth-order valence-corrected chi connectivity index (χ4v) is 0.616. The van der Waals surface area contributed by atoms with Crippen molar-refractivity contribution in [2.75, 3.05) is 19.8 Å². The molecule has 1 N–H and O–H groups in total. The van der Waals surface area contributed by atoms with E-state index < -0.39 is 5.97 Å². The van der Waals surface area contributed by atoms with Gasteiger partial charge in [-0.05, 0) is 20.8 Å². The molecule has 0 radical (unpaired) electrons. The molecule has 0 bridgehead atoms. The van der Waals surface area contributed by atoms with Gasteiger partial charge in [0, 0.05) is 19.6 Å². The topological polar surface area (TPSA) is 55.8 Å². The minimum atomic E-state index is -0.745. The number of hydrogen-bond donors (Lipinski definition) is 1. The first-order chi connectivity index (χ1) is 6.58. The Hall–Kier alpha value is -0.610. The van der Waals surface area contributed by atoms with E-state index in [0.29, 0.717) is 6.61 Å². The Morgan fingerprint density at radius 2 is 1.79 bits per heavy atom. The number of carboxylic acid groups (broad SMARTS) is 1. The molecule has 0 aliphatic heterocycles. The van der Waals surface area contributed by atoms with Crippen LogP contribution >= 0.6 is 0 Å². The van der Waals surface area contributed by atoms with Crippen LogP contribution in [-0.2, 0) is 14.3 Å². The molecule has 1 atom stereocenters. The summed E-state index contributed by atoms with van der Waals surface area (Å²) in [7, 11) is 0. The summed E-state index contributed by atoms with van der Waals surface area (Å²) >= 11 is 0. The molecule has 1 unspecified atom stereocenters. The Labute approximate surface area is 86.2 Å². The van der Waals surface area contributed by atoms with Crippen molar-refractivity contribution >= 4 is 5.97 Å². The van der Waals surface area contributed by atoms with Crippen LogP contribution in [0.5, 0.6) is 0 Å². The minimum absolute atomic E-state index is 0.222. The molecule has 0 aromatic rings. The predicted molar refractivity (Wildman–Crippen MR) is 55.5 cm³/mol. The maximum absolute atomic E-state index is 9.37. The molecule has 0 rings (SSSR count). The molecule has 14 heavy (non-hydrogen) atoms. The third-order valence-electron chi connectivity index (χ3n) is 1.31. The predicted octanol–water partition coefficient (Wildman–Crippen LogP) is 1.93. The highest BCUT2D eigenvalue weighted by atomic mass is 16.5. The van der Waals surface area contributed by atoms with Gasteiger partial charge in [0.1, 0.15) is 0 Å². The number of carboxylic acids is 1. The van der Waals surface area contributed by atoms with Crippen molar-refractivity contribution in [3.63, 3.8) is 0 Å². The maximum atomic E-state index is 9.37. The van der Waals surface area contributed by atoms with E-state index in [1.807, 2.05) is 20.8 Å². The highest BCUT2D eigenvalue weighted by Gasteiger charge is 1.97. The van der Waals surface area contributed by atoms with Crippen molar-refractivity contribution in [2.45, 2.75) is 40.2 Å². The number of rotatable bonds is 6. The molecular formula is C10H22O4. The molecule has 4 nitrogen and oxygen atoms in total. The fraction of sp³-hybridized carbons (Fsp3) is 0.900. The second kappa shape index (κ2) is 12.4. The Bertz CT molecular complexity index is 125. The zero-order chi connectivity index (χ0) is 11.4. The van der Waals surface area contributed by atoms with Crippen LogP contribution in [0.3, 0.4) is 0 Å². The molecule has 0 saturated heterocycles. The lowest BCUT2D eigenvalue weighted by Crippen LogP contribution is -2.15. The molecule has 0 aromatic heterocycles. The summed E-state index contributed by atoms with van der Waals surface area (Å²) in [6, 6.07) is 0. The van der Waals surface area contributed by atoms with E-state index >= 15 is 0 Å². The zero-order valence-electron chi connectivity index (χ0n) is 9.58. The monoisotopic (exact) mass is 206 g/mol. The third kappa shape index (κ3) is 17.5. The van der Waals surface area contributed by atoms with E-state index in [2.05, 4.69) is 0 Å². The van der Waals surface area contributed by atoms with Crippen LogP contribution in [-0.4, -0.2) is 37.0 Å². The molecule has 86 valence electrons. The molecule has 0 fully saturated rings. The molecule has 4 heteroatoms. The Kier molecular flexibility index (Phi) is 14.0. The lowest BCUT2D eigenvalue weighted by molar-refractivity contribution is -0.136. The quantitative estimate of drug-likeness (QED) is 0.721. The standard InChI is InChI=1S/C7H16O2.C3H6O2/c1-4-8-6-7(3)9-5-2;1-2-3(4)5/h7H,4-6H2,1-3H3;2H2,1H3,(H,4,5). The summed E-state index contributed by atoms with van der Waals surface area (Å²) < 4.78 is 10.3. The average molecular weight is 206 g/mol. The van der Waals surface area contributed by atoms with Gasteiger partial charge in [0.25, 0.3) is 0 Å². The van der Waals surface area contributed by atoms with Crippen molar-refractivity contribution in [1.82, 2.24) is 0 Å². The van der Waals surface area contributed by atoms with E-state index in [0.717, 1.165) is 13.2 Å². The smallest absolute Gasteiger partial charge is 0.303 e. The van der Waals surface area contributed by atoms with Crippen LogP contribution in [0.2, 0.25) is 0 Å². The first-order valence-electron chi connectivity index (χ1n) is 4.99. The molecule has 0 heterocycles. The van der Waals surface area contributed by atoms with Gasteiger partial charge in [-0.2, -0.15) is 0 Å². The van der Waals surface area contributed by atoms with Crippen LogP contribution in [0.4, 0.5) is 0 Å². The van der Waals surface area contributed by atoms with Gasteiger partial charge in [-0.15, -0.1) is 0 Å². The summed E-state index contributed by atoms with van der Waals surface area (Å²) in [5.41, 5.74) is 0. The van der Waals surface area contributed by atoms with Crippen molar-refractivity contribution in [3.8, 4) is 0 Å². The van der Waals surface area contributed by atoms with Crippen molar-refractivity contribution in [3.05, 3.63) is 0 Å². The first kappa shape index (κ1) is 15.8. The maximum Gasteiger partial charge on any atom is 0.303 e. The normalized spacial score (nSPS) is 11.4. The largest absolute Gasteiger partial charge is 0.481 e. The highest BCUT2D eigenvalue weighted by molar-refractivity contribution is 5.66. The van der Waals surface area contributed by atoms with Crippen molar-refractivity contribution in [1.29, 1.82) is 0 Å². The van der Waals surface area contributed by atoms with Crippen molar-refractivity contribution < 1.29 is 19.4 Å². The number of ether oxygens (including phenoxy) is 2. The van der Waals surface area contributed by atoms with E-state index in [1.54, 1.807) is 6.92 Å². The molecule has 0 aromatic carbocycles. The molecule has 0 saturated carbocycles. The molecule has 0 spiro atoms. The first-order valence-corrected chi connectivity index (χ1v) is 4.99. The summed E-state index contributed by atoms with van der Waals surface area (Å²) in [6.45, 7) is 9.85. The Morgan fingerprint density at radius 1 is 1.29 bits per heavy atom. The zero-order valence-corrected chi connectivity index (χ0v) is 9.58. The highest BCUT2D eigenvalue weighted by Crippen LogP contribution is 1.90. The van der Waals surface area contributed by atoms with Crippen LogP contribution in [0.15, 0.2) is 0 Å². The summed E-state index contributed by atoms with van der Waals surface area (Å²) in [6.07, 6.45) is 0.468. The number of aliphatic carboxylic acids is 1. The average Bonchev–Trinajstić information content (AvgIpc) is 2.16. The van der Waals surface area contributed by atoms with Crippen LogP contribution in [0.1, 0.15) is 34.1 Å². The van der Waals surface area contributed by atoms with E-state index in [4.69, 9.17) is 14.6 Å². The van der Waals surface area contributed by atoms with Crippen LogP contribution in [0.25, 0.3) is 0 Å². The second-order valence-electron chi connectivity index (χ2n) is 2.67. The SMILES string of the molecule is CCC(=O)O.CCOCC(C)OCC. The lowest BCUT2D eigenvalue weighted by Gasteiger charge is -2.09. The molecular weight excluding hydrogens is 184 g/mol. The van der Waals surface area contributed by atoms with Gasteiger partial charge in [-0.1, -0.05) is 6.92 Å². The van der Waals surface area contributed by atoms with Crippen LogP contribution < -0.4 is 0 Å². The van der Waals surface area contributed by atoms with E-state index in [9.17, 15) is 4.79 Å². The Balaban J connectivity index is 0. The lowest BCUT2D eigenvalue weighted by atomic mass is 10.4. The third-order valence-corrected chi connectivity index (χ3v) is 1.31. The van der Waals surface area contributed by atoms with Gasteiger partial charge in [-0.3, -0.25) is 4.79 Å². The van der Waals surface area contributed by atoms with Gasteiger partial charge in [-0.25, -0.2) is 0 Å².